The van der Waals surface area contributed by atoms with Crippen molar-refractivity contribution in [3.63, 3.8) is 0 Å². The summed E-state index contributed by atoms with van der Waals surface area (Å²) in [7, 11) is 0. The number of rotatable bonds is 4. The first kappa shape index (κ1) is 26.3. The van der Waals surface area contributed by atoms with Crippen molar-refractivity contribution in [2.75, 3.05) is 0 Å². The summed E-state index contributed by atoms with van der Waals surface area (Å²) >= 11 is 2.02. The Morgan fingerprint density at radius 3 is 2.18 bits per heavy atom. The average Bonchev–Trinajstić information content (AvgIpc) is 3.61. The van der Waals surface area contributed by atoms with Crippen molar-refractivity contribution in [3.8, 4) is 39.2 Å². The van der Waals surface area contributed by atoms with Crippen molar-refractivity contribution in [1.82, 2.24) is 9.55 Å². The summed E-state index contributed by atoms with van der Waals surface area (Å²) in [5.74, 6) is 0. The molecule has 0 saturated heterocycles. The van der Waals surface area contributed by atoms with Crippen LogP contribution >= 0.6 is 11.8 Å². The number of fused-ring (bicyclic) bond motifs is 7. The largest absolute Gasteiger partial charge is 0.309 e. The summed E-state index contributed by atoms with van der Waals surface area (Å²) in [4.78, 5) is 5.94. The molecular formula is C42H30N2S. The molecule has 0 N–H and O–H groups in total. The SMILES string of the molecule is CC12C=Cc3c(c4cccc(-c5ccc(-c6ccccn6)cc5)c4n3-c3ccccc3)C1Sc1ccc(-c3ccccc3)cc12. The Morgan fingerprint density at radius 1 is 0.667 bits per heavy atom. The van der Waals surface area contributed by atoms with Crippen LogP contribution in [0.25, 0.3) is 56.2 Å². The van der Waals surface area contributed by atoms with Gasteiger partial charge in [-0.1, -0.05) is 116 Å². The highest BCUT2D eigenvalue weighted by Crippen LogP contribution is 2.63. The third kappa shape index (κ3) is 4.08. The molecule has 0 radical (unpaired) electrons. The smallest absolute Gasteiger partial charge is 0.0701 e. The van der Waals surface area contributed by atoms with Crippen LogP contribution in [0.15, 0.2) is 157 Å². The Morgan fingerprint density at radius 2 is 1.40 bits per heavy atom. The van der Waals surface area contributed by atoms with Gasteiger partial charge in [-0.2, -0.15) is 0 Å². The molecule has 5 aromatic carbocycles. The molecule has 0 bridgehead atoms. The van der Waals surface area contributed by atoms with Gasteiger partial charge >= 0.3 is 0 Å². The zero-order chi connectivity index (χ0) is 30.0. The lowest BCUT2D eigenvalue weighted by Crippen LogP contribution is -2.25. The van der Waals surface area contributed by atoms with E-state index < -0.39 is 0 Å². The fourth-order valence-electron chi connectivity index (χ4n) is 7.30. The van der Waals surface area contributed by atoms with E-state index in [0.29, 0.717) is 0 Å². The van der Waals surface area contributed by atoms with Gasteiger partial charge < -0.3 is 4.57 Å². The Balaban J connectivity index is 1.24. The quantitative estimate of drug-likeness (QED) is 0.202. The molecule has 3 heteroatoms. The number of aromatic nitrogens is 2. The molecule has 0 amide bonds. The summed E-state index contributed by atoms with van der Waals surface area (Å²) in [5, 5.41) is 1.59. The molecule has 3 heterocycles. The van der Waals surface area contributed by atoms with E-state index in [9.17, 15) is 0 Å². The highest BCUT2D eigenvalue weighted by molar-refractivity contribution is 8.00. The number of pyridine rings is 1. The Labute approximate surface area is 267 Å². The third-order valence-electron chi connectivity index (χ3n) is 9.54. The molecule has 9 rings (SSSR count). The van der Waals surface area contributed by atoms with Crippen LogP contribution in [0.1, 0.15) is 29.0 Å². The number of benzene rings is 5. The van der Waals surface area contributed by atoms with Gasteiger partial charge in [-0.15, -0.1) is 11.8 Å². The monoisotopic (exact) mass is 594 g/mol. The van der Waals surface area contributed by atoms with E-state index in [2.05, 4.69) is 156 Å². The zero-order valence-electron chi connectivity index (χ0n) is 24.9. The molecule has 7 aromatic rings. The van der Waals surface area contributed by atoms with Crippen LogP contribution in [-0.4, -0.2) is 9.55 Å². The maximum atomic E-state index is 4.56. The number of para-hydroxylation sites is 2. The molecule has 2 aromatic heterocycles. The summed E-state index contributed by atoms with van der Waals surface area (Å²) in [6.07, 6.45) is 6.70. The van der Waals surface area contributed by atoms with Gasteiger partial charge in [-0.05, 0) is 64.7 Å². The van der Waals surface area contributed by atoms with Gasteiger partial charge in [0.15, 0.2) is 0 Å². The van der Waals surface area contributed by atoms with Crippen LogP contribution in [-0.2, 0) is 5.41 Å². The first-order chi connectivity index (χ1) is 22.2. The first-order valence-electron chi connectivity index (χ1n) is 15.5. The van der Waals surface area contributed by atoms with Gasteiger partial charge in [0.1, 0.15) is 0 Å². The number of nitrogens with zero attached hydrogens (tertiary/aromatic N) is 2. The van der Waals surface area contributed by atoms with E-state index in [-0.39, 0.29) is 10.7 Å². The van der Waals surface area contributed by atoms with E-state index in [1.807, 2.05) is 30.1 Å². The molecule has 1 aliphatic heterocycles. The van der Waals surface area contributed by atoms with Crippen LogP contribution in [0.2, 0.25) is 0 Å². The van der Waals surface area contributed by atoms with Crippen LogP contribution in [0.3, 0.4) is 0 Å². The van der Waals surface area contributed by atoms with Crippen LogP contribution in [0, 0.1) is 0 Å². The fourth-order valence-corrected chi connectivity index (χ4v) is 8.92. The maximum absolute atomic E-state index is 4.56. The van der Waals surface area contributed by atoms with Crippen molar-refractivity contribution in [2.24, 2.45) is 0 Å². The van der Waals surface area contributed by atoms with Crippen molar-refractivity contribution < 1.29 is 0 Å². The van der Waals surface area contributed by atoms with Crippen molar-refractivity contribution in [3.05, 3.63) is 169 Å². The molecular weight excluding hydrogens is 565 g/mol. The summed E-state index contributed by atoms with van der Waals surface area (Å²) in [5.41, 5.74) is 13.5. The second kappa shape index (κ2) is 10.2. The normalized spacial score (nSPS) is 18.0. The van der Waals surface area contributed by atoms with Gasteiger partial charge in [-0.3, -0.25) is 4.98 Å². The molecule has 0 fully saturated rings. The number of thioether (sulfide) groups is 1. The van der Waals surface area contributed by atoms with Gasteiger partial charge in [0.25, 0.3) is 0 Å². The van der Waals surface area contributed by atoms with Crippen LogP contribution < -0.4 is 0 Å². The minimum atomic E-state index is -0.117. The predicted molar refractivity (Wildman–Crippen MR) is 189 cm³/mol. The fraction of sp³-hybridized carbons (Fsp3) is 0.0714. The Kier molecular flexibility index (Phi) is 5.97. The highest BCUT2D eigenvalue weighted by atomic mass is 32.2. The van der Waals surface area contributed by atoms with E-state index in [4.69, 9.17) is 0 Å². The number of hydrogen-bond donors (Lipinski definition) is 0. The molecule has 214 valence electrons. The van der Waals surface area contributed by atoms with E-state index in [1.54, 1.807) is 0 Å². The average molecular weight is 595 g/mol. The lowest BCUT2D eigenvalue weighted by atomic mass is 9.73. The topological polar surface area (TPSA) is 17.8 Å². The second-order valence-corrected chi connectivity index (χ2v) is 13.3. The van der Waals surface area contributed by atoms with E-state index in [1.165, 1.54) is 60.6 Å². The van der Waals surface area contributed by atoms with E-state index >= 15 is 0 Å². The molecule has 2 nitrogen and oxygen atoms in total. The molecule has 45 heavy (non-hydrogen) atoms. The lowest BCUT2D eigenvalue weighted by Gasteiger charge is -2.33. The predicted octanol–water partition coefficient (Wildman–Crippen LogP) is 11.2. The number of allylic oxidation sites excluding steroid dienone is 1. The summed E-state index contributed by atoms with van der Waals surface area (Å²) < 4.78 is 2.49. The van der Waals surface area contributed by atoms with Gasteiger partial charge in [-0.25, -0.2) is 0 Å². The second-order valence-electron chi connectivity index (χ2n) is 12.2. The first-order valence-corrected chi connectivity index (χ1v) is 16.4. The molecule has 0 spiro atoms. The third-order valence-corrected chi connectivity index (χ3v) is 11.1. The maximum Gasteiger partial charge on any atom is 0.0701 e. The lowest BCUT2D eigenvalue weighted by molar-refractivity contribution is 0.583. The van der Waals surface area contributed by atoms with Gasteiger partial charge in [0, 0.05) is 44.3 Å². The van der Waals surface area contributed by atoms with Crippen molar-refractivity contribution in [2.45, 2.75) is 22.5 Å². The molecule has 2 atom stereocenters. The highest BCUT2D eigenvalue weighted by Gasteiger charge is 2.47. The molecule has 0 saturated carbocycles. The summed E-state index contributed by atoms with van der Waals surface area (Å²) in [6.45, 7) is 2.43. The Bertz CT molecular complexity index is 2230. The minimum Gasteiger partial charge on any atom is -0.309 e. The minimum absolute atomic E-state index is 0.117. The molecule has 2 aliphatic rings. The molecule has 2 unspecified atom stereocenters. The van der Waals surface area contributed by atoms with Crippen LogP contribution in [0.5, 0.6) is 0 Å². The van der Waals surface area contributed by atoms with E-state index in [0.717, 1.165) is 11.3 Å². The number of hydrogen-bond acceptors (Lipinski definition) is 2. The van der Waals surface area contributed by atoms with Crippen molar-refractivity contribution >= 4 is 28.7 Å². The van der Waals surface area contributed by atoms with Crippen LogP contribution in [0.4, 0.5) is 0 Å². The molecule has 1 aliphatic carbocycles. The zero-order valence-corrected chi connectivity index (χ0v) is 25.7. The van der Waals surface area contributed by atoms with Gasteiger partial charge in [0.2, 0.25) is 0 Å². The standard InChI is InChI=1S/C42H30N2S/c1-42-25-24-37-39(41(42)45-38-23-22-31(27-35(38)42)28-11-4-2-5-12-28)34-16-10-15-33(40(34)44(37)32-13-6-3-7-14-32)29-18-20-30(21-19-29)36-17-8-9-26-43-36/h2-27,41H,1H3. The van der Waals surface area contributed by atoms with Crippen molar-refractivity contribution in [1.29, 1.82) is 0 Å². The summed E-state index contributed by atoms with van der Waals surface area (Å²) in [6, 6.07) is 50.4. The Hall–Kier alpha value is -5.12. The van der Waals surface area contributed by atoms with Gasteiger partial charge in [0.05, 0.1) is 22.2 Å².